The zero-order valence-corrected chi connectivity index (χ0v) is 11.5. The number of hydrogen-bond donors (Lipinski definition) is 0. The molecule has 1 aromatic rings. The smallest absolute Gasteiger partial charge is 0.464 e. The standard InChI is InChI=1S/C13H17BFNO4/c1-12(2)13(3,4)20-14(19-12)8-6-7-9(11(17)18-5)16-10(8)15/h6-7H,1-5H3/i5D3,6D,7D. The highest BCUT2D eigenvalue weighted by atomic mass is 19.1. The van der Waals surface area contributed by atoms with Gasteiger partial charge in [0.2, 0.25) is 5.95 Å². The van der Waals surface area contributed by atoms with Crippen LogP contribution in [0.15, 0.2) is 12.1 Å². The summed E-state index contributed by atoms with van der Waals surface area (Å²) in [5.74, 6) is -2.78. The van der Waals surface area contributed by atoms with Gasteiger partial charge in [-0.25, -0.2) is 9.78 Å². The molecule has 1 aliphatic rings. The first-order valence-corrected chi connectivity index (χ1v) is 5.92. The summed E-state index contributed by atoms with van der Waals surface area (Å²) in [6, 6.07) is -1.47. The lowest BCUT2D eigenvalue weighted by Gasteiger charge is -2.32. The molecule has 0 unspecified atom stereocenters. The SMILES string of the molecule is [2H]c1c(C(=O)OC([2H])([2H])[2H])nc(F)c(B2OC(C)(C)C(C)(C)O2)c1[2H]. The third-order valence-electron chi connectivity index (χ3n) is 3.52. The monoisotopic (exact) mass is 286 g/mol. The first kappa shape index (κ1) is 9.47. The second-order valence-corrected chi connectivity index (χ2v) is 5.39. The van der Waals surface area contributed by atoms with Crippen molar-refractivity contribution in [2.75, 3.05) is 7.04 Å². The number of carbonyl (C=O) groups is 1. The fourth-order valence-corrected chi connectivity index (χ4v) is 1.63. The lowest BCUT2D eigenvalue weighted by Crippen LogP contribution is -2.41. The van der Waals surface area contributed by atoms with Crippen LogP contribution in [0.5, 0.6) is 0 Å². The topological polar surface area (TPSA) is 57.7 Å². The van der Waals surface area contributed by atoms with Crippen LogP contribution in [0.2, 0.25) is 0 Å². The summed E-state index contributed by atoms with van der Waals surface area (Å²) >= 11 is 0. The van der Waals surface area contributed by atoms with Crippen molar-refractivity contribution in [3.63, 3.8) is 0 Å². The van der Waals surface area contributed by atoms with Gasteiger partial charge in [0, 0.05) is 5.46 Å². The Morgan fingerprint density at radius 2 is 2.00 bits per heavy atom. The van der Waals surface area contributed by atoms with Crippen molar-refractivity contribution in [3.05, 3.63) is 23.7 Å². The Bertz CT molecular complexity index is 709. The van der Waals surface area contributed by atoms with Gasteiger partial charge >= 0.3 is 13.1 Å². The second kappa shape index (κ2) is 4.82. The zero-order valence-electron chi connectivity index (χ0n) is 16.5. The molecule has 0 N–H and O–H groups in total. The first-order valence-electron chi connectivity index (χ1n) is 8.42. The molecule has 1 aliphatic heterocycles. The Kier molecular flexibility index (Phi) is 2.28. The third kappa shape index (κ3) is 2.43. The summed E-state index contributed by atoms with van der Waals surface area (Å²) in [5, 5.41) is 0. The van der Waals surface area contributed by atoms with Gasteiger partial charge in [0.05, 0.1) is 25.1 Å². The van der Waals surface area contributed by atoms with Gasteiger partial charge in [-0.05, 0) is 33.7 Å². The minimum atomic E-state index is -3.08. The zero-order chi connectivity index (χ0) is 19.4. The van der Waals surface area contributed by atoms with Gasteiger partial charge < -0.3 is 14.0 Å². The second-order valence-electron chi connectivity index (χ2n) is 5.39. The predicted molar refractivity (Wildman–Crippen MR) is 71.3 cm³/mol. The molecule has 20 heavy (non-hydrogen) atoms. The van der Waals surface area contributed by atoms with E-state index < -0.39 is 60.5 Å². The van der Waals surface area contributed by atoms with Crippen LogP contribution < -0.4 is 5.46 Å². The highest BCUT2D eigenvalue weighted by Gasteiger charge is 2.52. The van der Waals surface area contributed by atoms with Crippen molar-refractivity contribution in [1.29, 1.82) is 0 Å². The minimum Gasteiger partial charge on any atom is -0.464 e. The number of hydrogen-bond acceptors (Lipinski definition) is 5. The molecule has 0 saturated carbocycles. The Hall–Kier alpha value is -1.47. The Morgan fingerprint density at radius 3 is 2.55 bits per heavy atom. The third-order valence-corrected chi connectivity index (χ3v) is 3.52. The highest BCUT2D eigenvalue weighted by molar-refractivity contribution is 6.62. The quantitative estimate of drug-likeness (QED) is 0.466. The number of methoxy groups -OCH3 is 1. The average Bonchev–Trinajstić information content (AvgIpc) is 2.60. The van der Waals surface area contributed by atoms with Gasteiger partial charge in [-0.1, -0.05) is 6.04 Å². The first-order chi connectivity index (χ1) is 11.2. The van der Waals surface area contributed by atoms with E-state index in [4.69, 9.17) is 16.2 Å². The number of ether oxygens (including phenoxy) is 1. The molecule has 0 bridgehead atoms. The molecule has 1 saturated heterocycles. The number of carbonyl (C=O) groups excluding carboxylic acids is 1. The summed E-state index contributed by atoms with van der Waals surface area (Å²) in [6.07, 6.45) is 0. The summed E-state index contributed by atoms with van der Waals surface area (Å²) < 4.78 is 66.2. The Labute approximate surface area is 124 Å². The maximum atomic E-state index is 14.4. The molecule has 0 atom stereocenters. The summed E-state index contributed by atoms with van der Waals surface area (Å²) in [6.45, 7) is 6.91. The molecule has 5 nitrogen and oxygen atoms in total. The van der Waals surface area contributed by atoms with Crippen molar-refractivity contribution in [1.82, 2.24) is 4.98 Å². The molecule has 2 heterocycles. The number of halogens is 1. The number of rotatable bonds is 2. The van der Waals surface area contributed by atoms with E-state index in [1.807, 2.05) is 0 Å². The van der Waals surface area contributed by atoms with E-state index >= 15 is 0 Å². The fraction of sp³-hybridized carbons (Fsp3) is 0.538. The van der Waals surface area contributed by atoms with Gasteiger partial charge in [-0.3, -0.25) is 0 Å². The molecule has 0 radical (unpaired) electrons. The summed E-state index contributed by atoms with van der Waals surface area (Å²) in [4.78, 5) is 15.0. The van der Waals surface area contributed by atoms with E-state index in [1.165, 1.54) is 0 Å². The summed E-state index contributed by atoms with van der Waals surface area (Å²) in [7, 11) is -4.37. The molecule has 0 amide bonds. The number of nitrogens with zero attached hydrogens (tertiary/aromatic N) is 1. The van der Waals surface area contributed by atoms with E-state index in [-0.39, 0.29) is 0 Å². The van der Waals surface area contributed by atoms with Crippen LogP contribution in [-0.4, -0.2) is 36.3 Å². The molecule has 1 aromatic heterocycles. The van der Waals surface area contributed by atoms with Gasteiger partial charge in [0.15, 0.2) is 5.69 Å². The lowest BCUT2D eigenvalue weighted by molar-refractivity contribution is 0.00578. The minimum absolute atomic E-state index is 0.436. The maximum absolute atomic E-state index is 14.4. The molecule has 1 fully saturated rings. The molecule has 7 heteroatoms. The molecule has 2 rings (SSSR count). The van der Waals surface area contributed by atoms with Crippen LogP contribution in [0.3, 0.4) is 0 Å². The van der Waals surface area contributed by atoms with Gasteiger partial charge in [-0.2, -0.15) is 4.39 Å². The van der Waals surface area contributed by atoms with Gasteiger partial charge in [0.25, 0.3) is 0 Å². The van der Waals surface area contributed by atoms with Crippen LogP contribution in [-0.2, 0) is 14.0 Å². The van der Waals surface area contributed by atoms with E-state index in [0.29, 0.717) is 0 Å². The summed E-state index contributed by atoms with van der Waals surface area (Å²) in [5.41, 5.74) is -2.96. The highest BCUT2D eigenvalue weighted by Crippen LogP contribution is 2.36. The molecular formula is C13H17BFNO4. The van der Waals surface area contributed by atoms with E-state index in [1.54, 1.807) is 27.7 Å². The van der Waals surface area contributed by atoms with Crippen LogP contribution >= 0.6 is 0 Å². The average molecular weight is 286 g/mol. The predicted octanol–water partition coefficient (Wildman–Crippen LogP) is 1.31. The molecule has 0 aromatic carbocycles. The van der Waals surface area contributed by atoms with E-state index in [2.05, 4.69) is 9.72 Å². The normalized spacial score (nSPS) is 24.2. The van der Waals surface area contributed by atoms with Gasteiger partial charge in [0.1, 0.15) is 0 Å². The fourth-order valence-electron chi connectivity index (χ4n) is 1.63. The van der Waals surface area contributed by atoms with Gasteiger partial charge in [-0.15, -0.1) is 0 Å². The number of esters is 1. The maximum Gasteiger partial charge on any atom is 0.499 e. The molecule has 0 spiro atoms. The van der Waals surface area contributed by atoms with Crippen molar-refractivity contribution < 1.29 is 30.1 Å². The van der Waals surface area contributed by atoms with Crippen molar-refractivity contribution >= 4 is 18.6 Å². The number of pyridine rings is 1. The van der Waals surface area contributed by atoms with Crippen LogP contribution in [0, 0.1) is 5.95 Å². The number of aromatic nitrogens is 1. The molecule has 108 valence electrons. The van der Waals surface area contributed by atoms with E-state index in [9.17, 15) is 9.18 Å². The van der Waals surface area contributed by atoms with Crippen LogP contribution in [0.4, 0.5) is 4.39 Å². The van der Waals surface area contributed by atoms with Crippen molar-refractivity contribution in [2.24, 2.45) is 0 Å². The van der Waals surface area contributed by atoms with Crippen molar-refractivity contribution in [3.8, 4) is 0 Å². The van der Waals surface area contributed by atoms with Crippen LogP contribution in [0.25, 0.3) is 0 Å². The largest absolute Gasteiger partial charge is 0.499 e. The van der Waals surface area contributed by atoms with Crippen molar-refractivity contribution in [2.45, 2.75) is 38.9 Å². The molecule has 0 aliphatic carbocycles. The van der Waals surface area contributed by atoms with E-state index in [0.717, 1.165) is 0 Å². The molecular weight excluding hydrogens is 264 g/mol. The lowest BCUT2D eigenvalue weighted by atomic mass is 9.80. The Balaban J connectivity index is 2.44. The van der Waals surface area contributed by atoms with Crippen LogP contribution in [0.1, 0.15) is 45.0 Å². The Morgan fingerprint density at radius 1 is 1.40 bits per heavy atom.